The maximum absolute atomic E-state index is 13.0. The van der Waals surface area contributed by atoms with E-state index in [0.717, 1.165) is 0 Å². The third-order valence-corrected chi connectivity index (χ3v) is 6.03. The molecule has 0 fully saturated rings. The van der Waals surface area contributed by atoms with Gasteiger partial charge in [-0.05, 0) is 0 Å². The molecule has 0 aliphatic rings. The maximum atomic E-state index is 13.0. The number of rotatable bonds is 3. The van der Waals surface area contributed by atoms with Gasteiger partial charge in [-0.15, -0.1) is 0 Å². The van der Waals surface area contributed by atoms with E-state index < -0.39 is 19.2 Å². The molecular formula is C14H12F3O2P. The molecule has 2 nitrogen and oxygen atoms in total. The van der Waals surface area contributed by atoms with Gasteiger partial charge in [0.25, 0.3) is 0 Å². The molecule has 2 rings (SSSR count). The molecule has 2 aromatic carbocycles. The first-order valence-electron chi connectivity index (χ1n) is 5.82. The Hall–Kier alpha value is -1.58. The number of halogens is 3. The minimum absolute atomic E-state index is 0.0176. The molecule has 0 aliphatic heterocycles. The zero-order chi connectivity index (χ0) is 14.8. The Morgan fingerprint density at radius 2 is 1.20 bits per heavy atom. The Morgan fingerprint density at radius 3 is 1.50 bits per heavy atom. The Balaban J connectivity index is 2.65. The summed E-state index contributed by atoms with van der Waals surface area (Å²) in [6.45, 7) is 0. The van der Waals surface area contributed by atoms with Gasteiger partial charge in [-0.25, -0.2) is 0 Å². The van der Waals surface area contributed by atoms with Gasteiger partial charge in [-0.2, -0.15) is 13.2 Å². The zero-order valence-corrected chi connectivity index (χ0v) is 11.2. The van der Waals surface area contributed by atoms with Crippen LogP contribution in [-0.2, 0) is 4.57 Å². The van der Waals surface area contributed by atoms with Crippen molar-refractivity contribution in [3.8, 4) is 0 Å². The van der Waals surface area contributed by atoms with E-state index in [1.807, 2.05) is 0 Å². The SMILES string of the molecule is O=P(c1ccccc1)(c1ccccc1)C(O)C(F)(F)F. The topological polar surface area (TPSA) is 37.3 Å². The van der Waals surface area contributed by atoms with Crippen LogP contribution in [-0.4, -0.2) is 17.1 Å². The fraction of sp³-hybridized carbons (Fsp3) is 0.143. The average molecular weight is 300 g/mol. The monoisotopic (exact) mass is 300 g/mol. The van der Waals surface area contributed by atoms with Gasteiger partial charge < -0.3 is 9.67 Å². The van der Waals surface area contributed by atoms with Crippen LogP contribution in [0.5, 0.6) is 0 Å². The van der Waals surface area contributed by atoms with E-state index in [-0.39, 0.29) is 10.6 Å². The van der Waals surface area contributed by atoms with Crippen molar-refractivity contribution in [2.45, 2.75) is 12.0 Å². The van der Waals surface area contributed by atoms with E-state index >= 15 is 0 Å². The lowest BCUT2D eigenvalue weighted by atomic mass is 10.4. The number of aliphatic hydroxyl groups is 1. The Labute approximate surface area is 114 Å². The van der Waals surface area contributed by atoms with Crippen LogP contribution in [0.25, 0.3) is 0 Å². The molecule has 6 heteroatoms. The van der Waals surface area contributed by atoms with Gasteiger partial charge in [0.2, 0.25) is 5.85 Å². The molecule has 2 aromatic rings. The normalized spacial score (nSPS) is 14.0. The fourth-order valence-electron chi connectivity index (χ4n) is 1.94. The predicted octanol–water partition coefficient (Wildman–Crippen LogP) is 2.88. The van der Waals surface area contributed by atoms with Gasteiger partial charge >= 0.3 is 6.18 Å². The van der Waals surface area contributed by atoms with Gasteiger partial charge in [-0.1, -0.05) is 60.7 Å². The highest BCUT2D eigenvalue weighted by molar-refractivity contribution is 7.79. The standard InChI is InChI=1S/C14H12F3O2P/c15-14(16,17)13(18)20(19,11-7-3-1-4-8-11)12-9-5-2-6-10-12/h1-10,13,18H. The van der Waals surface area contributed by atoms with Crippen molar-refractivity contribution in [3.63, 3.8) is 0 Å². The van der Waals surface area contributed by atoms with Crippen molar-refractivity contribution in [2.24, 2.45) is 0 Å². The molecule has 1 N–H and O–H groups in total. The van der Waals surface area contributed by atoms with Crippen LogP contribution >= 0.6 is 7.14 Å². The minimum atomic E-state index is -4.96. The quantitative estimate of drug-likeness (QED) is 0.885. The second-order valence-corrected chi connectivity index (χ2v) is 7.08. The first kappa shape index (κ1) is 14.8. The highest BCUT2D eigenvalue weighted by atomic mass is 31.2. The van der Waals surface area contributed by atoms with Crippen LogP contribution in [0.15, 0.2) is 60.7 Å². The maximum Gasteiger partial charge on any atom is 0.422 e. The third kappa shape index (κ3) is 2.65. The second-order valence-electron chi connectivity index (χ2n) is 4.24. The van der Waals surface area contributed by atoms with Crippen molar-refractivity contribution in [1.29, 1.82) is 0 Å². The summed E-state index contributed by atoms with van der Waals surface area (Å²) in [4.78, 5) is 0. The van der Waals surface area contributed by atoms with Gasteiger partial charge in [0.1, 0.15) is 0 Å². The van der Waals surface area contributed by atoms with Crippen LogP contribution in [0.3, 0.4) is 0 Å². The van der Waals surface area contributed by atoms with Crippen LogP contribution in [0, 0.1) is 0 Å². The van der Waals surface area contributed by atoms with Crippen LogP contribution < -0.4 is 10.6 Å². The Morgan fingerprint density at radius 1 is 0.850 bits per heavy atom. The van der Waals surface area contributed by atoms with Crippen LogP contribution in [0.1, 0.15) is 0 Å². The molecule has 20 heavy (non-hydrogen) atoms. The second kappa shape index (κ2) is 5.43. The third-order valence-electron chi connectivity index (χ3n) is 2.92. The molecule has 0 aromatic heterocycles. The Bertz CT molecular complexity index is 568. The first-order valence-corrected chi connectivity index (χ1v) is 7.60. The van der Waals surface area contributed by atoms with Crippen LogP contribution in [0.4, 0.5) is 13.2 Å². The molecule has 0 saturated carbocycles. The molecule has 0 heterocycles. The number of alkyl halides is 3. The van der Waals surface area contributed by atoms with E-state index in [1.54, 1.807) is 12.1 Å². The smallest absolute Gasteiger partial charge is 0.377 e. The molecule has 0 spiro atoms. The van der Waals surface area contributed by atoms with Crippen LogP contribution in [0.2, 0.25) is 0 Å². The molecule has 0 saturated heterocycles. The summed E-state index contributed by atoms with van der Waals surface area (Å²) in [6, 6.07) is 14.5. The van der Waals surface area contributed by atoms with Crippen molar-refractivity contribution in [1.82, 2.24) is 0 Å². The largest absolute Gasteiger partial charge is 0.422 e. The first-order chi connectivity index (χ1) is 9.37. The number of hydrogen-bond donors (Lipinski definition) is 1. The van der Waals surface area contributed by atoms with Gasteiger partial charge in [-0.3, -0.25) is 0 Å². The van der Waals surface area contributed by atoms with Gasteiger partial charge in [0, 0.05) is 10.6 Å². The van der Waals surface area contributed by atoms with Crippen molar-refractivity contribution >= 4 is 17.8 Å². The summed E-state index contributed by atoms with van der Waals surface area (Å²) in [5.74, 6) is -2.92. The molecule has 0 aliphatic carbocycles. The van der Waals surface area contributed by atoms with E-state index in [2.05, 4.69) is 0 Å². The summed E-state index contributed by atoms with van der Waals surface area (Å²) < 4.78 is 51.7. The average Bonchev–Trinajstić information content (AvgIpc) is 2.46. The molecule has 0 amide bonds. The molecule has 0 bridgehead atoms. The number of aliphatic hydroxyl groups excluding tert-OH is 1. The van der Waals surface area contributed by atoms with Gasteiger partial charge in [0.15, 0.2) is 7.14 Å². The Kier molecular flexibility index (Phi) is 4.02. The summed E-state index contributed by atoms with van der Waals surface area (Å²) in [5, 5.41) is 9.59. The molecule has 0 radical (unpaired) electrons. The summed E-state index contributed by atoms with van der Waals surface area (Å²) in [5.41, 5.74) is 0. The molecule has 1 atom stereocenters. The van der Waals surface area contributed by atoms with Crippen molar-refractivity contribution in [3.05, 3.63) is 60.7 Å². The van der Waals surface area contributed by atoms with Crippen molar-refractivity contribution < 1.29 is 22.8 Å². The number of benzene rings is 2. The van der Waals surface area contributed by atoms with Crippen molar-refractivity contribution in [2.75, 3.05) is 0 Å². The molecule has 1 unspecified atom stereocenters. The lowest BCUT2D eigenvalue weighted by Crippen LogP contribution is -2.36. The zero-order valence-electron chi connectivity index (χ0n) is 10.3. The van der Waals surface area contributed by atoms with E-state index in [4.69, 9.17) is 0 Å². The minimum Gasteiger partial charge on any atom is -0.377 e. The fourth-order valence-corrected chi connectivity index (χ4v) is 4.44. The highest BCUT2D eigenvalue weighted by Gasteiger charge is 2.52. The predicted molar refractivity (Wildman–Crippen MR) is 71.8 cm³/mol. The lowest BCUT2D eigenvalue weighted by Gasteiger charge is -2.26. The number of hydrogen-bond acceptors (Lipinski definition) is 2. The molecular weight excluding hydrogens is 288 g/mol. The van der Waals surface area contributed by atoms with E-state index in [9.17, 15) is 22.8 Å². The molecule has 106 valence electrons. The van der Waals surface area contributed by atoms with E-state index in [1.165, 1.54) is 48.5 Å². The summed E-state index contributed by atoms with van der Waals surface area (Å²) >= 11 is 0. The highest BCUT2D eigenvalue weighted by Crippen LogP contribution is 2.52. The van der Waals surface area contributed by atoms with Gasteiger partial charge in [0.05, 0.1) is 0 Å². The van der Waals surface area contributed by atoms with E-state index in [0.29, 0.717) is 0 Å². The summed E-state index contributed by atoms with van der Waals surface area (Å²) in [7, 11) is -4.21. The lowest BCUT2D eigenvalue weighted by molar-refractivity contribution is -0.176. The summed E-state index contributed by atoms with van der Waals surface area (Å²) in [6.07, 6.45) is -4.96.